The molecule has 1 nitrogen and oxygen atoms in total. The van der Waals surface area contributed by atoms with Crippen molar-refractivity contribution in [3.63, 3.8) is 0 Å². The van der Waals surface area contributed by atoms with Crippen LogP contribution < -0.4 is 56.1 Å². The molecule has 0 aromatic heterocycles. The Hall–Kier alpha value is 0.541. The predicted molar refractivity (Wildman–Crippen MR) is 64.6 cm³/mol. The van der Waals surface area contributed by atoms with Gasteiger partial charge in [0.1, 0.15) is 5.75 Å². The molecule has 1 aromatic carbocycles. The van der Waals surface area contributed by atoms with Crippen LogP contribution >= 0.6 is 11.6 Å². The zero-order valence-corrected chi connectivity index (χ0v) is 14.4. The van der Waals surface area contributed by atoms with Crippen molar-refractivity contribution in [3.8, 4) is 5.75 Å². The SMILES string of the molecule is C=C(COc1c(C)cc(Cl)cc1C)[B-](F)(F)F.[K+]. The Bertz CT molecular complexity index is 425. The zero-order valence-electron chi connectivity index (χ0n) is 10.6. The van der Waals surface area contributed by atoms with Gasteiger partial charge in [-0.15, -0.1) is 12.1 Å². The minimum absolute atomic E-state index is 0. The van der Waals surface area contributed by atoms with Gasteiger partial charge >= 0.3 is 58.4 Å². The van der Waals surface area contributed by atoms with Gasteiger partial charge in [-0.1, -0.05) is 11.6 Å². The Labute approximate surface area is 152 Å². The molecule has 0 atom stereocenters. The van der Waals surface area contributed by atoms with Gasteiger partial charge < -0.3 is 17.7 Å². The third-order valence-electron chi connectivity index (χ3n) is 2.29. The van der Waals surface area contributed by atoms with E-state index >= 15 is 0 Å². The molecule has 0 aliphatic heterocycles. The average molecular weight is 303 g/mol. The monoisotopic (exact) mass is 302 g/mol. The summed E-state index contributed by atoms with van der Waals surface area (Å²) in [4.78, 5) is 0. The fourth-order valence-corrected chi connectivity index (χ4v) is 1.71. The van der Waals surface area contributed by atoms with Crippen LogP contribution in [0.25, 0.3) is 0 Å². The smallest absolute Gasteiger partial charge is 0.492 e. The zero-order chi connectivity index (χ0) is 13.2. The van der Waals surface area contributed by atoms with Crippen molar-refractivity contribution in [1.82, 2.24) is 0 Å². The van der Waals surface area contributed by atoms with Gasteiger partial charge in [0.25, 0.3) is 0 Å². The summed E-state index contributed by atoms with van der Waals surface area (Å²) < 4.78 is 42.0. The largest absolute Gasteiger partial charge is 1.00 e. The fraction of sp³-hybridized carbons (Fsp3) is 0.273. The van der Waals surface area contributed by atoms with Crippen LogP contribution in [0.4, 0.5) is 12.9 Å². The molecule has 0 saturated carbocycles. The number of halogens is 4. The number of rotatable bonds is 4. The average Bonchev–Trinajstić information content (AvgIpc) is 2.13. The van der Waals surface area contributed by atoms with Gasteiger partial charge in [-0.3, -0.25) is 0 Å². The number of aryl methyl sites for hydroxylation is 2. The maximum Gasteiger partial charge on any atom is 1.00 e. The molecule has 0 spiro atoms. The van der Waals surface area contributed by atoms with Crippen molar-refractivity contribution in [1.29, 1.82) is 0 Å². The van der Waals surface area contributed by atoms with E-state index in [0.29, 0.717) is 21.9 Å². The number of hydrogen-bond acceptors (Lipinski definition) is 1. The Morgan fingerprint density at radius 3 is 2.11 bits per heavy atom. The topological polar surface area (TPSA) is 9.23 Å². The molecule has 1 rings (SSSR count). The molecule has 0 fully saturated rings. The molecule has 0 saturated heterocycles. The van der Waals surface area contributed by atoms with Gasteiger partial charge in [-0.05, 0) is 37.1 Å². The number of hydrogen-bond donors (Lipinski definition) is 0. The van der Waals surface area contributed by atoms with E-state index in [1.165, 1.54) is 0 Å². The molecular weight excluding hydrogens is 290 g/mol. The van der Waals surface area contributed by atoms with Crippen molar-refractivity contribution in [2.45, 2.75) is 13.8 Å². The second kappa shape index (κ2) is 7.36. The number of ether oxygens (including phenoxy) is 1. The first kappa shape index (κ1) is 18.5. The molecule has 0 unspecified atom stereocenters. The molecule has 0 radical (unpaired) electrons. The minimum Gasteiger partial charge on any atom is -0.492 e. The molecule has 0 aliphatic rings. The first-order valence-corrected chi connectivity index (χ1v) is 5.36. The van der Waals surface area contributed by atoms with Crippen LogP contribution in [0, 0.1) is 13.8 Å². The van der Waals surface area contributed by atoms with Gasteiger partial charge in [0.05, 0.1) is 6.61 Å². The van der Waals surface area contributed by atoms with E-state index < -0.39 is 19.1 Å². The van der Waals surface area contributed by atoms with Crippen LogP contribution in [0.3, 0.4) is 0 Å². The third-order valence-corrected chi connectivity index (χ3v) is 2.51. The van der Waals surface area contributed by atoms with Gasteiger partial charge in [-0.2, -0.15) is 0 Å². The number of benzene rings is 1. The quantitative estimate of drug-likeness (QED) is 0.762. The van der Waals surface area contributed by atoms with E-state index in [2.05, 4.69) is 6.58 Å². The summed E-state index contributed by atoms with van der Waals surface area (Å²) in [6.45, 7) is 0.840. The Morgan fingerprint density at radius 1 is 1.28 bits per heavy atom. The fourth-order valence-electron chi connectivity index (χ4n) is 1.38. The van der Waals surface area contributed by atoms with Gasteiger partial charge in [0.15, 0.2) is 0 Å². The maximum atomic E-state index is 12.3. The van der Waals surface area contributed by atoms with Crippen LogP contribution in [0.2, 0.25) is 5.02 Å². The Kier molecular flexibility index (Phi) is 7.58. The Balaban J connectivity index is 0.00000289. The maximum absolute atomic E-state index is 12.3. The van der Waals surface area contributed by atoms with Crippen LogP contribution in [-0.4, -0.2) is 13.6 Å². The van der Waals surface area contributed by atoms with E-state index in [0.717, 1.165) is 0 Å². The summed E-state index contributed by atoms with van der Waals surface area (Å²) in [5.41, 5.74) is 0.564. The van der Waals surface area contributed by atoms with Crippen LogP contribution in [0.5, 0.6) is 5.75 Å². The summed E-state index contributed by atoms with van der Waals surface area (Å²) in [5.74, 6) is 0.426. The van der Waals surface area contributed by atoms with Crippen LogP contribution in [0.1, 0.15) is 11.1 Å². The Morgan fingerprint density at radius 2 is 1.72 bits per heavy atom. The molecule has 0 heterocycles. The third kappa shape index (κ3) is 5.27. The van der Waals surface area contributed by atoms with E-state index in [-0.39, 0.29) is 51.4 Å². The van der Waals surface area contributed by atoms with E-state index in [1.54, 1.807) is 26.0 Å². The molecule has 94 valence electrons. The molecule has 0 aliphatic carbocycles. The van der Waals surface area contributed by atoms with Crippen LogP contribution in [-0.2, 0) is 0 Å². The molecular formula is C11H12BClF3KO. The summed E-state index contributed by atoms with van der Waals surface area (Å²) >= 11 is 5.81. The van der Waals surface area contributed by atoms with Crippen LogP contribution in [0.15, 0.2) is 24.2 Å². The first-order valence-electron chi connectivity index (χ1n) is 4.99. The minimum atomic E-state index is -5.04. The van der Waals surface area contributed by atoms with Gasteiger partial charge in [-0.25, -0.2) is 0 Å². The summed E-state index contributed by atoms with van der Waals surface area (Å²) in [7, 11) is 0. The summed E-state index contributed by atoms with van der Waals surface area (Å²) in [5, 5.41) is 0.534. The van der Waals surface area contributed by atoms with Crippen molar-refractivity contribution < 1.29 is 69.1 Å². The molecule has 0 bridgehead atoms. The van der Waals surface area contributed by atoms with E-state index in [1.807, 2.05) is 0 Å². The molecule has 0 amide bonds. The first-order chi connectivity index (χ1) is 7.71. The van der Waals surface area contributed by atoms with Crippen molar-refractivity contribution in [2.24, 2.45) is 0 Å². The standard InChI is InChI=1S/C11H12BClF3O.K/c1-7-4-10(13)5-8(2)11(7)17-6-9(3)12(14,15)16;/h4-5H,3,6H2,1-2H3;/q-1;+1. The van der Waals surface area contributed by atoms with Crippen molar-refractivity contribution in [2.75, 3.05) is 6.61 Å². The molecule has 7 heteroatoms. The second-order valence-corrected chi connectivity index (χ2v) is 4.33. The van der Waals surface area contributed by atoms with Gasteiger partial charge in [0.2, 0.25) is 0 Å². The van der Waals surface area contributed by atoms with Crippen molar-refractivity contribution >= 4 is 18.6 Å². The summed E-state index contributed by atoms with van der Waals surface area (Å²) in [6, 6.07) is 3.29. The molecule has 18 heavy (non-hydrogen) atoms. The normalized spacial score (nSPS) is 10.8. The predicted octanol–water partition coefficient (Wildman–Crippen LogP) is 1.28. The molecule has 0 N–H and O–H groups in total. The van der Waals surface area contributed by atoms with Crippen molar-refractivity contribution in [3.05, 3.63) is 40.3 Å². The van der Waals surface area contributed by atoms with Gasteiger partial charge in [0, 0.05) is 5.02 Å². The second-order valence-electron chi connectivity index (χ2n) is 3.89. The van der Waals surface area contributed by atoms with E-state index in [4.69, 9.17) is 16.3 Å². The van der Waals surface area contributed by atoms with E-state index in [9.17, 15) is 12.9 Å². The molecule has 1 aromatic rings. The summed E-state index contributed by atoms with van der Waals surface area (Å²) in [6.07, 6.45) is 0.